The highest BCUT2D eigenvalue weighted by molar-refractivity contribution is 6.00. The maximum absolute atomic E-state index is 12.4. The molecule has 10 nitrogen and oxygen atoms in total. The second-order valence-electron chi connectivity index (χ2n) is 5.94. The summed E-state index contributed by atoms with van der Waals surface area (Å²) in [6.45, 7) is -3.65. The van der Waals surface area contributed by atoms with Crippen LogP contribution < -0.4 is 19.7 Å². The molecule has 0 saturated heterocycles. The van der Waals surface area contributed by atoms with Crippen LogP contribution in [0.25, 0.3) is 0 Å². The summed E-state index contributed by atoms with van der Waals surface area (Å²) in [5, 5.41) is 12.8. The number of aromatic nitrogens is 2. The Labute approximate surface area is 174 Å². The lowest BCUT2D eigenvalue weighted by atomic mass is 10.2. The molecule has 1 aromatic heterocycles. The number of nitrogens with one attached hydrogen (secondary N) is 1. The molecule has 0 spiro atoms. The van der Waals surface area contributed by atoms with Gasteiger partial charge in [0.05, 0.1) is 4.92 Å². The molecule has 0 unspecified atom stereocenters. The Bertz CT molecular complexity index is 931. The number of benzene rings is 1. The number of nitro benzene ring substituents is 1. The number of carbonyl (C=O) groups excluding carboxylic acids is 1. The SMILES string of the molecule is CN(C(=O)Nc1cc(OCC(F)(F)F)nc(OCC(F)(F)F)n1)c1ccc([N+](=O)[O-])cc1. The number of amides is 2. The van der Waals surface area contributed by atoms with Gasteiger partial charge in [-0.15, -0.1) is 0 Å². The zero-order valence-electron chi connectivity index (χ0n) is 15.9. The van der Waals surface area contributed by atoms with Gasteiger partial charge in [-0.25, -0.2) is 4.79 Å². The molecule has 2 rings (SSSR count). The lowest BCUT2D eigenvalue weighted by Crippen LogP contribution is -2.31. The molecule has 0 aliphatic heterocycles. The van der Waals surface area contributed by atoms with Crippen molar-refractivity contribution < 1.29 is 45.5 Å². The highest BCUT2D eigenvalue weighted by Crippen LogP contribution is 2.24. The second-order valence-corrected chi connectivity index (χ2v) is 5.94. The molecule has 2 aromatic rings. The third kappa shape index (κ3) is 7.77. The average molecular weight is 469 g/mol. The van der Waals surface area contributed by atoms with Crippen LogP contribution in [0.1, 0.15) is 0 Å². The number of hydrogen-bond donors (Lipinski definition) is 1. The van der Waals surface area contributed by atoms with Crippen molar-refractivity contribution in [2.45, 2.75) is 12.4 Å². The minimum atomic E-state index is -4.79. The summed E-state index contributed by atoms with van der Waals surface area (Å²) < 4.78 is 82.8. The van der Waals surface area contributed by atoms with Crippen molar-refractivity contribution in [1.29, 1.82) is 0 Å². The number of carbonyl (C=O) groups is 1. The molecule has 0 saturated carbocycles. The zero-order valence-corrected chi connectivity index (χ0v) is 15.9. The van der Waals surface area contributed by atoms with Crippen LogP contribution >= 0.6 is 0 Å². The van der Waals surface area contributed by atoms with E-state index in [9.17, 15) is 41.3 Å². The minimum Gasteiger partial charge on any atom is -0.468 e. The molecule has 0 atom stereocenters. The molecule has 0 aliphatic rings. The van der Waals surface area contributed by atoms with Crippen molar-refractivity contribution >= 4 is 23.2 Å². The zero-order chi connectivity index (χ0) is 24.1. The fraction of sp³-hybridized carbons (Fsp3) is 0.312. The number of halogens is 6. The molecule has 1 N–H and O–H groups in total. The summed E-state index contributed by atoms with van der Waals surface area (Å²) in [4.78, 5) is 30.1. The summed E-state index contributed by atoms with van der Waals surface area (Å²) in [5.41, 5.74) is -0.0551. The van der Waals surface area contributed by atoms with Crippen molar-refractivity contribution in [1.82, 2.24) is 9.97 Å². The third-order valence-electron chi connectivity index (χ3n) is 3.42. The lowest BCUT2D eigenvalue weighted by Gasteiger charge is -2.18. The number of non-ortho nitro benzene ring substituents is 1. The van der Waals surface area contributed by atoms with Crippen LogP contribution in [0, 0.1) is 10.1 Å². The molecule has 0 bridgehead atoms. The van der Waals surface area contributed by atoms with Gasteiger partial charge in [0.1, 0.15) is 5.82 Å². The maximum Gasteiger partial charge on any atom is 0.422 e. The molecule has 0 aliphatic carbocycles. The summed E-state index contributed by atoms with van der Waals surface area (Å²) in [6, 6.07) is 3.55. The van der Waals surface area contributed by atoms with E-state index in [0.717, 1.165) is 23.1 Å². The number of rotatable bonds is 7. The Balaban J connectivity index is 2.21. The molecular formula is C16H13F6N5O5. The minimum absolute atomic E-state index is 0.184. The van der Waals surface area contributed by atoms with Gasteiger partial charge in [0, 0.05) is 30.9 Å². The van der Waals surface area contributed by atoms with E-state index in [0.29, 0.717) is 0 Å². The smallest absolute Gasteiger partial charge is 0.422 e. The topological polar surface area (TPSA) is 120 Å². The lowest BCUT2D eigenvalue weighted by molar-refractivity contribution is -0.384. The summed E-state index contributed by atoms with van der Waals surface area (Å²) in [6.07, 6.45) is -9.55. The molecule has 2 amide bonds. The molecule has 32 heavy (non-hydrogen) atoms. The van der Waals surface area contributed by atoms with E-state index in [-0.39, 0.29) is 11.4 Å². The fourth-order valence-electron chi connectivity index (χ4n) is 2.02. The van der Waals surface area contributed by atoms with Crippen molar-refractivity contribution in [2.75, 3.05) is 30.5 Å². The summed E-state index contributed by atoms with van der Waals surface area (Å²) >= 11 is 0. The van der Waals surface area contributed by atoms with Gasteiger partial charge in [0.15, 0.2) is 13.2 Å². The monoisotopic (exact) mass is 469 g/mol. The van der Waals surface area contributed by atoms with Crippen LogP contribution in [0.15, 0.2) is 30.3 Å². The quantitative estimate of drug-likeness (QED) is 0.371. The molecule has 0 radical (unpaired) electrons. The van der Waals surface area contributed by atoms with Gasteiger partial charge in [0.25, 0.3) is 5.69 Å². The van der Waals surface area contributed by atoms with Gasteiger partial charge >= 0.3 is 24.4 Å². The van der Waals surface area contributed by atoms with Crippen LogP contribution in [0.3, 0.4) is 0 Å². The Morgan fingerprint density at radius 3 is 2.16 bits per heavy atom. The van der Waals surface area contributed by atoms with E-state index in [1.165, 1.54) is 19.2 Å². The number of anilines is 2. The van der Waals surface area contributed by atoms with Gasteiger partial charge in [0.2, 0.25) is 5.88 Å². The first kappa shape index (κ1) is 24.4. The normalized spacial score (nSPS) is 11.6. The predicted molar refractivity (Wildman–Crippen MR) is 95.7 cm³/mol. The van der Waals surface area contributed by atoms with E-state index >= 15 is 0 Å². The van der Waals surface area contributed by atoms with E-state index in [1.54, 1.807) is 0 Å². The standard InChI is InChI=1S/C16H13F6N5O5/c1-26(9-2-4-10(5-3-9)27(29)30)14(28)24-11-6-12(31-7-15(17,18)19)25-13(23-11)32-8-16(20,21)22/h2-6H,7-8H2,1H3,(H,23,24,25,28). The Kier molecular flexibility index (Phi) is 7.27. The number of urea groups is 1. The average Bonchev–Trinajstić information content (AvgIpc) is 2.69. The third-order valence-corrected chi connectivity index (χ3v) is 3.42. The highest BCUT2D eigenvalue weighted by atomic mass is 19.4. The van der Waals surface area contributed by atoms with Crippen molar-refractivity contribution in [3.8, 4) is 11.9 Å². The Morgan fingerprint density at radius 2 is 1.62 bits per heavy atom. The Morgan fingerprint density at radius 1 is 1.06 bits per heavy atom. The van der Waals surface area contributed by atoms with E-state index in [4.69, 9.17) is 0 Å². The van der Waals surface area contributed by atoms with Gasteiger partial charge in [-0.05, 0) is 12.1 Å². The second kappa shape index (κ2) is 9.52. The van der Waals surface area contributed by atoms with Crippen LogP contribution in [-0.4, -0.2) is 53.5 Å². The number of nitrogens with zero attached hydrogens (tertiary/aromatic N) is 4. The molecular weight excluding hydrogens is 456 g/mol. The van der Waals surface area contributed by atoms with Crippen molar-refractivity contribution in [3.63, 3.8) is 0 Å². The van der Waals surface area contributed by atoms with Crippen molar-refractivity contribution in [2.24, 2.45) is 0 Å². The number of hydrogen-bond acceptors (Lipinski definition) is 7. The van der Waals surface area contributed by atoms with Crippen LogP contribution in [0.5, 0.6) is 11.9 Å². The molecule has 1 heterocycles. The van der Waals surface area contributed by atoms with Crippen molar-refractivity contribution in [3.05, 3.63) is 40.4 Å². The van der Waals surface area contributed by atoms with E-state index in [1.807, 2.05) is 0 Å². The van der Waals surface area contributed by atoms with E-state index in [2.05, 4.69) is 24.8 Å². The highest BCUT2D eigenvalue weighted by Gasteiger charge is 2.30. The molecule has 1 aromatic carbocycles. The summed E-state index contributed by atoms with van der Waals surface area (Å²) in [5.74, 6) is -1.32. The number of nitro groups is 1. The molecule has 0 fully saturated rings. The fourth-order valence-corrected chi connectivity index (χ4v) is 2.02. The first-order valence-electron chi connectivity index (χ1n) is 8.31. The predicted octanol–water partition coefficient (Wildman–Crippen LogP) is 3.94. The first-order chi connectivity index (χ1) is 14.7. The van der Waals surface area contributed by atoms with Gasteiger partial charge < -0.3 is 9.47 Å². The largest absolute Gasteiger partial charge is 0.468 e. The van der Waals surface area contributed by atoms with Gasteiger partial charge in [-0.2, -0.15) is 36.3 Å². The van der Waals surface area contributed by atoms with Gasteiger partial charge in [-0.3, -0.25) is 20.3 Å². The maximum atomic E-state index is 12.4. The van der Waals surface area contributed by atoms with Crippen LogP contribution in [-0.2, 0) is 0 Å². The summed E-state index contributed by atoms with van der Waals surface area (Å²) in [7, 11) is 1.25. The molecule has 16 heteroatoms. The first-order valence-corrected chi connectivity index (χ1v) is 8.31. The van der Waals surface area contributed by atoms with Crippen LogP contribution in [0.4, 0.5) is 48.3 Å². The number of alkyl halides is 6. The molecule has 174 valence electrons. The Hall–Kier alpha value is -3.85. The van der Waals surface area contributed by atoms with Gasteiger partial charge in [-0.1, -0.05) is 0 Å². The van der Waals surface area contributed by atoms with E-state index < -0.39 is 54.2 Å². The number of ether oxygens (including phenoxy) is 2. The van der Waals surface area contributed by atoms with Crippen LogP contribution in [0.2, 0.25) is 0 Å².